The highest BCUT2D eigenvalue weighted by Gasteiger charge is 2.53. The van der Waals surface area contributed by atoms with Crippen LogP contribution < -0.4 is 14.3 Å². The summed E-state index contributed by atoms with van der Waals surface area (Å²) in [4.78, 5) is 10.6. The molecule has 1 atom stereocenters. The van der Waals surface area contributed by atoms with Crippen molar-refractivity contribution >= 4 is 69.2 Å². The molecule has 5 nitrogen and oxygen atoms in total. The first-order chi connectivity index (χ1) is 30.5. The zero-order chi connectivity index (χ0) is 41.6. The molecule has 1 aromatic heterocycles. The van der Waals surface area contributed by atoms with Gasteiger partial charge in [-0.25, -0.2) is 0 Å². The average molecular weight is 808 g/mol. The van der Waals surface area contributed by atoms with Crippen LogP contribution in [0.15, 0.2) is 235 Å². The molecule has 2 aliphatic heterocycles. The molecule has 0 radical (unpaired) electrons. The average Bonchev–Trinajstić information content (AvgIpc) is 3.32. The Balaban J connectivity index is 0.907. The summed E-state index contributed by atoms with van der Waals surface area (Å²) in [7, 11) is 0. The Kier molecular flexibility index (Phi) is 9.19. The minimum Gasteiger partial charge on any atom is -0.415 e. The lowest BCUT2D eigenvalue weighted by molar-refractivity contribution is -0.533. The van der Waals surface area contributed by atoms with Crippen molar-refractivity contribution < 1.29 is 13.1 Å². The van der Waals surface area contributed by atoms with Crippen molar-refractivity contribution in [3.8, 4) is 11.1 Å². The molecule has 62 heavy (non-hydrogen) atoms. The maximum atomic E-state index is 17.4. The van der Waals surface area contributed by atoms with Gasteiger partial charge in [-0.05, 0) is 130 Å². The number of aliphatic imine (C=N–C) groups is 1. The van der Waals surface area contributed by atoms with Crippen LogP contribution in [-0.4, -0.2) is 23.7 Å². The second-order valence-electron chi connectivity index (χ2n) is 15.8. The van der Waals surface area contributed by atoms with Gasteiger partial charge in [0.25, 0.3) is 5.82 Å². The van der Waals surface area contributed by atoms with Crippen molar-refractivity contribution in [2.45, 2.75) is 12.5 Å². The summed E-state index contributed by atoms with van der Waals surface area (Å²) in [5, 5.41) is 0.717. The summed E-state index contributed by atoms with van der Waals surface area (Å²) >= 11 is 0. The SMILES string of the molecule is F[B-]1(F)N2C(=Nc3ccc4cc(-c5cccc(N(c6ccccc6)c6ccccc6)c5)ccc4[n+]31)CC=C1C=C(c3cccc(N(c4ccccc4)c4ccccc4)c3)C=CC12. The first-order valence-corrected chi connectivity index (χ1v) is 21.0. The van der Waals surface area contributed by atoms with Crippen LogP contribution in [-0.2, 0) is 0 Å². The fourth-order valence-electron chi connectivity index (χ4n) is 9.16. The van der Waals surface area contributed by atoms with Crippen molar-refractivity contribution in [1.82, 2.24) is 4.81 Å². The maximum absolute atomic E-state index is 17.4. The third kappa shape index (κ3) is 6.57. The molecule has 0 N–H and O–H groups in total. The van der Waals surface area contributed by atoms with Gasteiger partial charge >= 0.3 is 6.97 Å². The van der Waals surface area contributed by atoms with Crippen molar-refractivity contribution in [2.24, 2.45) is 4.99 Å². The third-order valence-electron chi connectivity index (χ3n) is 12.0. The second kappa shape index (κ2) is 15.3. The molecule has 0 fully saturated rings. The predicted molar refractivity (Wildman–Crippen MR) is 251 cm³/mol. The van der Waals surface area contributed by atoms with E-state index in [4.69, 9.17) is 4.99 Å². The van der Waals surface area contributed by atoms with Gasteiger partial charge in [-0.3, -0.25) is 0 Å². The highest BCUT2D eigenvalue weighted by atomic mass is 19.2. The molecular formula is C54H40BF2N5. The van der Waals surface area contributed by atoms with E-state index in [1.54, 1.807) is 6.07 Å². The summed E-state index contributed by atoms with van der Waals surface area (Å²) in [5.74, 6) is 0.638. The summed E-state index contributed by atoms with van der Waals surface area (Å²) in [6.07, 6.45) is 8.30. The Bertz CT molecular complexity index is 3020. The molecule has 1 aliphatic carbocycles. The third-order valence-corrected chi connectivity index (χ3v) is 12.0. The number of para-hydroxylation sites is 4. The summed E-state index contributed by atoms with van der Waals surface area (Å²) in [6.45, 7) is -4.28. The highest BCUT2D eigenvalue weighted by Crippen LogP contribution is 2.41. The topological polar surface area (TPSA) is 26.0 Å². The molecule has 8 heteroatoms. The van der Waals surface area contributed by atoms with E-state index in [0.717, 1.165) is 66.4 Å². The smallest absolute Gasteiger partial charge is 0.415 e. The molecule has 0 saturated carbocycles. The van der Waals surface area contributed by atoms with E-state index in [9.17, 15) is 0 Å². The Hall–Kier alpha value is -7.84. The number of allylic oxidation sites excluding steroid dienone is 2. The van der Waals surface area contributed by atoms with E-state index in [1.807, 2.05) is 121 Å². The van der Waals surface area contributed by atoms with Crippen LogP contribution in [0.2, 0.25) is 0 Å². The number of benzene rings is 7. The van der Waals surface area contributed by atoms with E-state index in [1.165, 1.54) is 4.81 Å². The molecular weight excluding hydrogens is 767 g/mol. The molecule has 7 aromatic carbocycles. The number of halogens is 2. The Morgan fingerprint density at radius 3 is 1.63 bits per heavy atom. The molecule has 8 aromatic rings. The molecule has 3 heterocycles. The van der Waals surface area contributed by atoms with E-state index in [-0.39, 0.29) is 5.82 Å². The summed E-state index contributed by atoms with van der Waals surface area (Å²) in [5.41, 5.74) is 11.4. The van der Waals surface area contributed by atoms with Crippen LogP contribution in [0.5, 0.6) is 0 Å². The van der Waals surface area contributed by atoms with Gasteiger partial charge in [0.05, 0.1) is 5.52 Å². The Morgan fingerprint density at radius 2 is 1.05 bits per heavy atom. The Morgan fingerprint density at radius 1 is 0.532 bits per heavy atom. The zero-order valence-corrected chi connectivity index (χ0v) is 33.7. The van der Waals surface area contributed by atoms with Gasteiger partial charge in [0, 0.05) is 58.0 Å². The maximum Gasteiger partial charge on any atom is 0.638 e. The number of rotatable bonds is 8. The molecule has 3 aliphatic rings. The van der Waals surface area contributed by atoms with Gasteiger partial charge in [0.15, 0.2) is 5.84 Å². The van der Waals surface area contributed by atoms with E-state index in [2.05, 4.69) is 107 Å². The number of fused-ring (bicyclic) bond motifs is 6. The quantitative estimate of drug-likeness (QED) is 0.143. The highest BCUT2D eigenvalue weighted by molar-refractivity contribution is 6.58. The fourth-order valence-corrected chi connectivity index (χ4v) is 9.16. The van der Waals surface area contributed by atoms with Crippen molar-refractivity contribution in [3.63, 3.8) is 0 Å². The number of pyridine rings is 1. The number of amidine groups is 1. The molecule has 0 saturated heterocycles. The van der Waals surface area contributed by atoms with Crippen LogP contribution in [0, 0.1) is 0 Å². The van der Waals surface area contributed by atoms with Crippen LogP contribution in [0.1, 0.15) is 12.0 Å². The second-order valence-corrected chi connectivity index (χ2v) is 15.8. The Labute approximate surface area is 359 Å². The van der Waals surface area contributed by atoms with Crippen LogP contribution >= 0.6 is 0 Å². The molecule has 1 unspecified atom stereocenters. The number of hydrogen-bond acceptors (Lipinski definition) is 4. The zero-order valence-electron chi connectivity index (χ0n) is 33.7. The van der Waals surface area contributed by atoms with Crippen molar-refractivity contribution in [3.05, 3.63) is 236 Å². The minimum atomic E-state index is -4.28. The molecule has 0 amide bonds. The molecule has 0 spiro atoms. The normalized spacial score (nSPS) is 16.0. The van der Waals surface area contributed by atoms with Gasteiger partial charge in [0.2, 0.25) is 0 Å². The predicted octanol–water partition coefficient (Wildman–Crippen LogP) is 13.7. The lowest BCUT2D eigenvalue weighted by atomic mass is 9.79. The van der Waals surface area contributed by atoms with Crippen LogP contribution in [0.25, 0.3) is 27.6 Å². The van der Waals surface area contributed by atoms with Gasteiger partial charge in [0.1, 0.15) is 0 Å². The van der Waals surface area contributed by atoms with E-state index >= 15 is 8.63 Å². The lowest BCUT2D eigenvalue weighted by Gasteiger charge is -2.47. The van der Waals surface area contributed by atoms with Crippen molar-refractivity contribution in [1.29, 1.82) is 0 Å². The van der Waals surface area contributed by atoms with Gasteiger partial charge in [-0.1, -0.05) is 121 Å². The first kappa shape index (κ1) is 37.2. The molecule has 0 bridgehead atoms. The van der Waals surface area contributed by atoms with E-state index < -0.39 is 13.0 Å². The van der Waals surface area contributed by atoms with Gasteiger partial charge in [-0.2, -0.15) is 0 Å². The fraction of sp³-hybridized carbons (Fsp3) is 0.0370. The van der Waals surface area contributed by atoms with Crippen LogP contribution in [0.3, 0.4) is 0 Å². The van der Waals surface area contributed by atoms with Gasteiger partial charge < -0.3 is 27.7 Å². The minimum absolute atomic E-state index is 0.260. The van der Waals surface area contributed by atoms with Crippen LogP contribution in [0.4, 0.5) is 48.6 Å². The monoisotopic (exact) mass is 807 g/mol. The largest absolute Gasteiger partial charge is 0.638 e. The number of nitrogens with zero attached hydrogens (tertiary/aromatic N) is 5. The first-order valence-electron chi connectivity index (χ1n) is 21.0. The van der Waals surface area contributed by atoms with Crippen molar-refractivity contribution in [2.75, 3.05) is 9.80 Å². The van der Waals surface area contributed by atoms with Gasteiger partial charge in [-0.15, -0.1) is 0 Å². The van der Waals surface area contributed by atoms with E-state index in [0.29, 0.717) is 23.2 Å². The number of hydrogen-bond donors (Lipinski definition) is 0. The summed E-state index contributed by atoms with van der Waals surface area (Å²) < 4.78 is 35.9. The number of aromatic nitrogens is 1. The molecule has 11 rings (SSSR count). The molecule has 298 valence electrons. The number of anilines is 6. The summed E-state index contributed by atoms with van der Waals surface area (Å²) in [6, 6.07) is 66.6. The standard InChI is InChI=1S/C54H40BF2N5/c56-55(57)61-51-31-27-41(39-15-13-25-49(37-39)59(45-17-5-1-6-18-45)46-19-7-2-8-20-46)35-43(51)29-33-53(61)58-54-34-30-44-36-42(28-32-52(44)62(54)55)40-16-14-26-50(38-40)60(47-21-9-3-10-22-47)48-23-11-4-12-24-48/h1-33,35-38,52H,34H2. The lowest BCUT2D eigenvalue weighted by Crippen LogP contribution is -2.75.